The highest BCUT2D eigenvalue weighted by Gasteiger charge is 2.44. The summed E-state index contributed by atoms with van der Waals surface area (Å²) in [5.74, 6) is 2.42. The number of aromatic amines is 1. The maximum Gasteiger partial charge on any atom is 0.252 e. The van der Waals surface area contributed by atoms with Gasteiger partial charge in [-0.2, -0.15) is 0 Å². The van der Waals surface area contributed by atoms with Crippen LogP contribution in [0.3, 0.4) is 0 Å². The van der Waals surface area contributed by atoms with Crippen LogP contribution in [0.4, 0.5) is 5.82 Å². The van der Waals surface area contributed by atoms with Crippen molar-refractivity contribution < 1.29 is 14.3 Å². The second kappa shape index (κ2) is 8.61. The van der Waals surface area contributed by atoms with Crippen molar-refractivity contribution in [2.75, 3.05) is 38.3 Å². The number of ether oxygens (including phenoxy) is 2. The molecule has 3 fully saturated rings. The monoisotopic (exact) mass is 390 g/mol. The van der Waals surface area contributed by atoms with Gasteiger partial charge in [0, 0.05) is 39.3 Å². The average molecular weight is 390 g/mol. The Bertz CT molecular complexity index is 735. The van der Waals surface area contributed by atoms with Crippen LogP contribution in [0.1, 0.15) is 32.1 Å². The highest BCUT2D eigenvalue weighted by molar-refractivity contribution is 5.76. The quantitative estimate of drug-likeness (QED) is 0.686. The Labute approximate surface area is 165 Å². The van der Waals surface area contributed by atoms with Gasteiger partial charge in [-0.3, -0.25) is 9.59 Å². The van der Waals surface area contributed by atoms with Crippen LogP contribution >= 0.6 is 0 Å². The van der Waals surface area contributed by atoms with Gasteiger partial charge in [0.05, 0.1) is 25.1 Å². The Kier molecular flexibility index (Phi) is 5.96. The largest absolute Gasteiger partial charge is 0.384 e. The van der Waals surface area contributed by atoms with Gasteiger partial charge in [-0.15, -0.1) is 0 Å². The van der Waals surface area contributed by atoms with Crippen molar-refractivity contribution >= 4 is 11.7 Å². The number of carbonyl (C=O) groups is 1. The molecule has 1 saturated heterocycles. The van der Waals surface area contributed by atoms with Crippen LogP contribution in [0, 0.1) is 17.8 Å². The summed E-state index contributed by atoms with van der Waals surface area (Å²) in [4.78, 5) is 33.0. The number of methoxy groups -OCH3 is 1. The van der Waals surface area contributed by atoms with Gasteiger partial charge in [0.1, 0.15) is 5.82 Å². The van der Waals surface area contributed by atoms with Crippen LogP contribution in [0.25, 0.3) is 0 Å². The van der Waals surface area contributed by atoms with Gasteiger partial charge in [0.15, 0.2) is 0 Å². The topological polar surface area (TPSA) is 96.6 Å². The molecule has 0 aromatic carbocycles. The van der Waals surface area contributed by atoms with E-state index in [0.717, 1.165) is 38.4 Å². The summed E-state index contributed by atoms with van der Waals surface area (Å²) in [6, 6.07) is 1.60. The lowest BCUT2D eigenvalue weighted by Crippen LogP contribution is -2.50. The fraction of sp³-hybridized carbons (Fsp3) is 0.750. The third-order valence-electron chi connectivity index (χ3n) is 6.23. The fourth-order valence-electron chi connectivity index (χ4n) is 4.49. The lowest BCUT2D eigenvalue weighted by molar-refractivity contribution is -0.125. The van der Waals surface area contributed by atoms with E-state index in [0.29, 0.717) is 30.8 Å². The van der Waals surface area contributed by atoms with Crippen molar-refractivity contribution in [1.29, 1.82) is 0 Å². The number of amides is 1. The van der Waals surface area contributed by atoms with Crippen LogP contribution in [0.5, 0.6) is 0 Å². The summed E-state index contributed by atoms with van der Waals surface area (Å²) < 4.78 is 11.3. The minimum Gasteiger partial charge on any atom is -0.384 e. The minimum atomic E-state index is -0.131. The summed E-state index contributed by atoms with van der Waals surface area (Å²) in [5, 5.41) is 3.19. The molecule has 154 valence electrons. The number of carbonyl (C=O) groups excluding carboxylic acids is 1. The first kappa shape index (κ1) is 19.4. The Balaban J connectivity index is 1.41. The molecule has 1 aromatic rings. The van der Waals surface area contributed by atoms with Crippen LogP contribution in [-0.2, 0) is 14.3 Å². The van der Waals surface area contributed by atoms with Gasteiger partial charge in [-0.1, -0.05) is 0 Å². The van der Waals surface area contributed by atoms with Crippen molar-refractivity contribution in [2.45, 2.75) is 44.2 Å². The molecular formula is C20H30N4O4. The molecule has 1 aliphatic heterocycles. The molecular weight excluding hydrogens is 360 g/mol. The first-order chi connectivity index (χ1) is 13.6. The van der Waals surface area contributed by atoms with E-state index in [4.69, 9.17) is 9.47 Å². The Morgan fingerprint density at radius 1 is 1.32 bits per heavy atom. The third kappa shape index (κ3) is 4.72. The zero-order valence-corrected chi connectivity index (χ0v) is 16.4. The normalized spacial score (nSPS) is 29.5. The van der Waals surface area contributed by atoms with Gasteiger partial charge in [0.25, 0.3) is 5.56 Å². The van der Waals surface area contributed by atoms with Gasteiger partial charge in [0.2, 0.25) is 5.91 Å². The van der Waals surface area contributed by atoms with E-state index in [1.165, 1.54) is 19.2 Å². The number of nitrogens with one attached hydrogen (secondary N) is 2. The predicted octanol–water partition coefficient (Wildman–Crippen LogP) is 0.933. The minimum absolute atomic E-state index is 0.0245. The molecule has 0 radical (unpaired) electrons. The van der Waals surface area contributed by atoms with Gasteiger partial charge in [-0.05, 0) is 43.4 Å². The van der Waals surface area contributed by atoms with Crippen LogP contribution < -0.4 is 15.8 Å². The summed E-state index contributed by atoms with van der Waals surface area (Å²) in [7, 11) is 1.61. The zero-order chi connectivity index (χ0) is 19.5. The van der Waals surface area contributed by atoms with Crippen LogP contribution in [0.15, 0.2) is 17.2 Å². The number of hydrogen-bond donors (Lipinski definition) is 2. The molecule has 3 aliphatic rings. The van der Waals surface area contributed by atoms with Crippen LogP contribution in [-0.4, -0.2) is 61.4 Å². The molecule has 28 heavy (non-hydrogen) atoms. The SMILES string of the molecule is COCCC(=O)N[C@H]1C[C@H]2CN(c3cc(=O)[nH]cn3)C[C@H]2C[C@@H]1OCC1CC1. The highest BCUT2D eigenvalue weighted by Crippen LogP contribution is 2.39. The number of H-pyrrole nitrogens is 1. The molecule has 1 aromatic heterocycles. The van der Waals surface area contributed by atoms with Crippen molar-refractivity contribution in [1.82, 2.24) is 15.3 Å². The highest BCUT2D eigenvalue weighted by atomic mass is 16.5. The lowest BCUT2D eigenvalue weighted by Gasteiger charge is -2.38. The third-order valence-corrected chi connectivity index (χ3v) is 6.23. The standard InChI is InChI=1S/C20H30N4O4/c1-27-5-4-19(25)23-16-6-14-9-24(18-8-20(26)22-12-21-18)10-15(14)7-17(16)28-11-13-2-3-13/h8,12-17H,2-7,9-11H2,1H3,(H,23,25)(H,21,22,26)/t14-,15+,16-,17-/m0/s1. The molecule has 8 nitrogen and oxygen atoms in total. The van der Waals surface area contributed by atoms with Gasteiger partial charge >= 0.3 is 0 Å². The maximum atomic E-state index is 12.3. The molecule has 4 rings (SSSR count). The number of nitrogens with zero attached hydrogens (tertiary/aromatic N) is 2. The van der Waals surface area contributed by atoms with E-state index in [2.05, 4.69) is 20.2 Å². The fourth-order valence-corrected chi connectivity index (χ4v) is 4.49. The average Bonchev–Trinajstić information content (AvgIpc) is 3.42. The molecule has 2 heterocycles. The number of anilines is 1. The van der Waals surface area contributed by atoms with Gasteiger partial charge in [-0.25, -0.2) is 4.98 Å². The van der Waals surface area contributed by atoms with Crippen molar-refractivity contribution in [3.8, 4) is 0 Å². The smallest absolute Gasteiger partial charge is 0.252 e. The molecule has 4 atom stereocenters. The number of fused-ring (bicyclic) bond motifs is 1. The van der Waals surface area contributed by atoms with E-state index in [9.17, 15) is 9.59 Å². The van der Waals surface area contributed by atoms with E-state index < -0.39 is 0 Å². The van der Waals surface area contributed by atoms with E-state index in [-0.39, 0.29) is 23.6 Å². The molecule has 0 bridgehead atoms. The van der Waals surface area contributed by atoms with Crippen molar-refractivity contribution in [3.63, 3.8) is 0 Å². The van der Waals surface area contributed by atoms with Gasteiger partial charge < -0.3 is 24.7 Å². The Hall–Kier alpha value is -1.93. The summed E-state index contributed by atoms with van der Waals surface area (Å²) in [6.07, 6.45) is 6.24. The van der Waals surface area contributed by atoms with Crippen molar-refractivity contribution in [2.24, 2.45) is 17.8 Å². The number of rotatable bonds is 8. The maximum absolute atomic E-state index is 12.3. The van der Waals surface area contributed by atoms with E-state index in [1.54, 1.807) is 13.2 Å². The zero-order valence-electron chi connectivity index (χ0n) is 16.4. The summed E-state index contributed by atoms with van der Waals surface area (Å²) >= 11 is 0. The number of hydrogen-bond acceptors (Lipinski definition) is 6. The number of aromatic nitrogens is 2. The molecule has 8 heteroatoms. The lowest BCUT2D eigenvalue weighted by atomic mass is 9.77. The molecule has 2 saturated carbocycles. The summed E-state index contributed by atoms with van der Waals surface area (Å²) in [6.45, 7) is 2.97. The van der Waals surface area contributed by atoms with Crippen molar-refractivity contribution in [3.05, 3.63) is 22.7 Å². The van der Waals surface area contributed by atoms with E-state index >= 15 is 0 Å². The molecule has 2 N–H and O–H groups in total. The first-order valence-corrected chi connectivity index (χ1v) is 10.3. The Morgan fingerprint density at radius 3 is 2.82 bits per heavy atom. The first-order valence-electron chi connectivity index (χ1n) is 10.3. The van der Waals surface area contributed by atoms with Crippen LogP contribution in [0.2, 0.25) is 0 Å². The Morgan fingerprint density at radius 2 is 2.11 bits per heavy atom. The summed E-state index contributed by atoms with van der Waals surface area (Å²) in [5.41, 5.74) is -0.131. The van der Waals surface area contributed by atoms with E-state index in [1.807, 2.05) is 0 Å². The second-order valence-electron chi connectivity index (χ2n) is 8.40. The molecule has 1 amide bonds. The molecule has 0 unspecified atom stereocenters. The predicted molar refractivity (Wildman–Crippen MR) is 104 cm³/mol. The molecule has 0 spiro atoms. The second-order valence-corrected chi connectivity index (χ2v) is 8.40. The molecule has 2 aliphatic carbocycles.